The molecule has 1 heterocycles. The molecule has 4 N–H and O–H groups in total. The van der Waals surface area contributed by atoms with E-state index < -0.39 is 0 Å². The molecule has 0 aliphatic heterocycles. The number of nitrogens with one attached hydrogen (secondary N) is 1. The lowest BCUT2D eigenvalue weighted by Gasteiger charge is -2.13. The Morgan fingerprint density at radius 2 is 1.82 bits per heavy atom. The highest BCUT2D eigenvalue weighted by atomic mass is 32.2. The molecule has 0 fully saturated rings. The van der Waals surface area contributed by atoms with E-state index >= 15 is 0 Å². The zero-order valence-corrected chi connectivity index (χ0v) is 19.8. The van der Waals surface area contributed by atoms with Gasteiger partial charge < -0.3 is 20.9 Å². The number of aliphatic hydroxyl groups excluding tert-OH is 1. The van der Waals surface area contributed by atoms with Gasteiger partial charge in [-0.25, -0.2) is 9.97 Å². The summed E-state index contributed by atoms with van der Waals surface area (Å²) in [6, 6.07) is 16.1. The van der Waals surface area contributed by atoms with Gasteiger partial charge in [-0.15, -0.1) is 0 Å². The molecule has 0 bridgehead atoms. The van der Waals surface area contributed by atoms with Crippen molar-refractivity contribution in [2.75, 3.05) is 12.3 Å². The van der Waals surface area contributed by atoms with Crippen molar-refractivity contribution in [3.63, 3.8) is 0 Å². The fourth-order valence-corrected chi connectivity index (χ4v) is 3.95. The van der Waals surface area contributed by atoms with Gasteiger partial charge in [-0.1, -0.05) is 42.1 Å². The standard InChI is InChI=1S/C25H26N4O4S/c1-16(24(31)28-15-18-14-27-17(2)29-23(18)26)22(12-13-30)34-25(32)20-10-6-7-11-21(20)33-19-8-4-3-5-9-19/h3-11,14,30H,12-13,15H2,1-2H3,(H,28,31)(H2,26,27,29)/b22-16-. The first kappa shape index (κ1) is 24.9. The van der Waals surface area contributed by atoms with Crippen molar-refractivity contribution < 1.29 is 19.4 Å². The number of aryl methyl sites for hydroxylation is 1. The summed E-state index contributed by atoms with van der Waals surface area (Å²) in [4.78, 5) is 34.5. The van der Waals surface area contributed by atoms with Crippen LogP contribution in [-0.2, 0) is 11.3 Å². The Balaban J connectivity index is 1.75. The van der Waals surface area contributed by atoms with Gasteiger partial charge in [0.2, 0.25) is 11.0 Å². The summed E-state index contributed by atoms with van der Waals surface area (Å²) in [6.45, 7) is 3.27. The van der Waals surface area contributed by atoms with E-state index in [2.05, 4.69) is 15.3 Å². The zero-order chi connectivity index (χ0) is 24.5. The average molecular weight is 479 g/mol. The van der Waals surface area contributed by atoms with Gasteiger partial charge in [-0.2, -0.15) is 0 Å². The molecule has 0 spiro atoms. The second kappa shape index (κ2) is 12.0. The monoisotopic (exact) mass is 478 g/mol. The van der Waals surface area contributed by atoms with E-state index in [0.717, 1.165) is 11.8 Å². The van der Waals surface area contributed by atoms with E-state index in [1.54, 1.807) is 56.4 Å². The molecule has 0 radical (unpaired) electrons. The molecule has 0 saturated heterocycles. The van der Waals surface area contributed by atoms with Crippen LogP contribution in [0.5, 0.6) is 11.5 Å². The van der Waals surface area contributed by atoms with E-state index in [1.807, 2.05) is 18.2 Å². The van der Waals surface area contributed by atoms with Crippen LogP contribution in [0.4, 0.5) is 5.82 Å². The maximum absolute atomic E-state index is 13.1. The molecule has 0 aliphatic rings. The summed E-state index contributed by atoms with van der Waals surface area (Å²) >= 11 is 0.901. The second-order valence-corrected chi connectivity index (χ2v) is 8.40. The number of nitrogen functional groups attached to an aromatic ring is 1. The molecule has 0 aliphatic carbocycles. The molecular formula is C25H26N4O4S. The maximum atomic E-state index is 13.1. The molecule has 0 atom stereocenters. The molecular weight excluding hydrogens is 452 g/mol. The fraction of sp³-hybridized carbons (Fsp3) is 0.200. The third-order valence-electron chi connectivity index (χ3n) is 4.85. The number of anilines is 1. The van der Waals surface area contributed by atoms with Crippen molar-refractivity contribution in [3.05, 3.63) is 88.2 Å². The van der Waals surface area contributed by atoms with Gasteiger partial charge in [0.05, 0.1) is 5.56 Å². The van der Waals surface area contributed by atoms with Gasteiger partial charge in [-0.05, 0) is 38.1 Å². The summed E-state index contributed by atoms with van der Waals surface area (Å²) in [7, 11) is 0. The Hall–Kier alpha value is -3.69. The van der Waals surface area contributed by atoms with Crippen LogP contribution < -0.4 is 15.8 Å². The Morgan fingerprint density at radius 3 is 2.53 bits per heavy atom. The first-order chi connectivity index (χ1) is 16.4. The number of benzene rings is 2. The predicted molar refractivity (Wildman–Crippen MR) is 132 cm³/mol. The highest BCUT2D eigenvalue weighted by Gasteiger charge is 2.19. The lowest BCUT2D eigenvalue weighted by atomic mass is 10.2. The Labute approximate surface area is 202 Å². The van der Waals surface area contributed by atoms with Gasteiger partial charge in [-0.3, -0.25) is 9.59 Å². The molecule has 34 heavy (non-hydrogen) atoms. The van der Waals surface area contributed by atoms with Crippen molar-refractivity contribution in [1.29, 1.82) is 0 Å². The molecule has 9 heteroatoms. The smallest absolute Gasteiger partial charge is 0.247 e. The van der Waals surface area contributed by atoms with Crippen molar-refractivity contribution in [2.24, 2.45) is 0 Å². The Kier molecular flexibility index (Phi) is 8.78. The molecule has 1 amide bonds. The van der Waals surface area contributed by atoms with Crippen LogP contribution in [0, 0.1) is 6.92 Å². The second-order valence-electron chi connectivity index (χ2n) is 7.33. The molecule has 3 aromatic rings. The number of nitrogens with two attached hydrogens (primary N) is 1. The minimum Gasteiger partial charge on any atom is -0.457 e. The predicted octanol–water partition coefficient (Wildman–Crippen LogP) is 4.01. The van der Waals surface area contributed by atoms with Crippen LogP contribution in [0.3, 0.4) is 0 Å². The van der Waals surface area contributed by atoms with Crippen LogP contribution >= 0.6 is 11.8 Å². The lowest BCUT2D eigenvalue weighted by Crippen LogP contribution is -2.25. The normalized spacial score (nSPS) is 11.5. The van der Waals surface area contributed by atoms with E-state index in [0.29, 0.717) is 44.7 Å². The largest absolute Gasteiger partial charge is 0.457 e. The van der Waals surface area contributed by atoms with Gasteiger partial charge in [0, 0.05) is 41.8 Å². The van der Waals surface area contributed by atoms with Crippen molar-refractivity contribution >= 4 is 28.6 Å². The maximum Gasteiger partial charge on any atom is 0.247 e. The van der Waals surface area contributed by atoms with Crippen molar-refractivity contribution in [1.82, 2.24) is 15.3 Å². The molecule has 2 aromatic carbocycles. The quantitative estimate of drug-likeness (QED) is 0.394. The number of nitrogens with zero attached hydrogens (tertiary/aromatic N) is 2. The van der Waals surface area contributed by atoms with E-state index in [1.165, 1.54) is 0 Å². The van der Waals surface area contributed by atoms with Crippen LogP contribution in [0.25, 0.3) is 0 Å². The minimum atomic E-state index is -0.377. The van der Waals surface area contributed by atoms with Crippen LogP contribution in [0.15, 0.2) is 71.3 Å². The molecule has 8 nitrogen and oxygen atoms in total. The topological polar surface area (TPSA) is 127 Å². The number of hydrogen-bond donors (Lipinski definition) is 3. The number of aliphatic hydroxyl groups is 1. The fourth-order valence-electron chi connectivity index (χ4n) is 3.01. The first-order valence-corrected chi connectivity index (χ1v) is 11.4. The van der Waals surface area contributed by atoms with Crippen molar-refractivity contribution in [2.45, 2.75) is 26.8 Å². The number of ether oxygens (including phenoxy) is 1. The van der Waals surface area contributed by atoms with Gasteiger partial charge in [0.15, 0.2) is 0 Å². The van der Waals surface area contributed by atoms with Crippen LogP contribution in [0.1, 0.15) is 35.1 Å². The average Bonchev–Trinajstić information content (AvgIpc) is 2.83. The zero-order valence-electron chi connectivity index (χ0n) is 18.9. The highest BCUT2D eigenvalue weighted by molar-refractivity contribution is 8.17. The van der Waals surface area contributed by atoms with Gasteiger partial charge in [0.25, 0.3) is 0 Å². The van der Waals surface area contributed by atoms with Crippen LogP contribution in [-0.4, -0.2) is 32.7 Å². The number of thioether (sulfide) groups is 1. The lowest BCUT2D eigenvalue weighted by molar-refractivity contribution is -0.117. The summed E-state index contributed by atoms with van der Waals surface area (Å²) < 4.78 is 5.88. The number of aromatic nitrogens is 2. The molecule has 0 unspecified atom stereocenters. The van der Waals surface area contributed by atoms with Crippen LogP contribution in [0.2, 0.25) is 0 Å². The summed E-state index contributed by atoms with van der Waals surface area (Å²) in [5.74, 6) is 1.47. The number of rotatable bonds is 9. The Morgan fingerprint density at radius 1 is 1.12 bits per heavy atom. The van der Waals surface area contributed by atoms with Gasteiger partial charge in [0.1, 0.15) is 23.1 Å². The molecule has 3 rings (SSSR count). The summed E-state index contributed by atoms with van der Waals surface area (Å²) in [5.41, 5.74) is 7.17. The first-order valence-electron chi connectivity index (χ1n) is 10.6. The molecule has 0 saturated carbocycles. The third kappa shape index (κ3) is 6.66. The van der Waals surface area contributed by atoms with E-state index in [4.69, 9.17) is 10.5 Å². The number of para-hydroxylation sites is 2. The Bertz CT molecular complexity index is 1200. The SMILES string of the molecule is C/C(C(=O)NCc1cnc(C)nc1N)=C(\CCO)SC(=O)c1ccccc1Oc1ccccc1. The number of carbonyl (C=O) groups is 2. The number of amides is 1. The molecule has 176 valence electrons. The van der Waals surface area contributed by atoms with E-state index in [9.17, 15) is 14.7 Å². The summed E-state index contributed by atoms with van der Waals surface area (Å²) in [5, 5.41) is 12.0. The van der Waals surface area contributed by atoms with Crippen molar-refractivity contribution in [3.8, 4) is 11.5 Å². The van der Waals surface area contributed by atoms with E-state index in [-0.39, 0.29) is 30.6 Å². The highest BCUT2D eigenvalue weighted by Crippen LogP contribution is 2.33. The minimum absolute atomic E-state index is 0.140. The summed E-state index contributed by atoms with van der Waals surface area (Å²) in [6.07, 6.45) is 1.72. The molecule has 1 aromatic heterocycles. The van der Waals surface area contributed by atoms with Gasteiger partial charge >= 0.3 is 0 Å². The number of carbonyl (C=O) groups excluding carboxylic acids is 2. The third-order valence-corrected chi connectivity index (χ3v) is 6.01. The number of hydrogen-bond acceptors (Lipinski definition) is 8.